The topological polar surface area (TPSA) is 42.0 Å². The minimum absolute atomic E-state index is 0.112. The van der Waals surface area contributed by atoms with E-state index in [2.05, 4.69) is 24.1 Å². The second-order valence-corrected chi connectivity index (χ2v) is 6.17. The van der Waals surface area contributed by atoms with E-state index in [4.69, 9.17) is 11.6 Å². The van der Waals surface area contributed by atoms with Crippen molar-refractivity contribution in [3.05, 3.63) is 15.5 Å². The van der Waals surface area contributed by atoms with E-state index in [-0.39, 0.29) is 5.91 Å². The lowest BCUT2D eigenvalue weighted by Gasteiger charge is -2.42. The van der Waals surface area contributed by atoms with Gasteiger partial charge in [-0.05, 0) is 18.3 Å². The van der Waals surface area contributed by atoms with Crippen LogP contribution in [-0.4, -0.2) is 16.9 Å². The van der Waals surface area contributed by atoms with Gasteiger partial charge in [0.15, 0.2) is 4.47 Å². The van der Waals surface area contributed by atoms with Crippen molar-refractivity contribution < 1.29 is 4.79 Å². The lowest BCUT2D eigenvalue weighted by molar-refractivity contribution is 0.0799. The summed E-state index contributed by atoms with van der Waals surface area (Å²) in [6.07, 6.45) is 2.08. The zero-order chi connectivity index (χ0) is 11.1. The van der Waals surface area contributed by atoms with Crippen molar-refractivity contribution in [2.45, 2.75) is 32.7 Å². The molecule has 0 aromatic carbocycles. The third-order valence-corrected chi connectivity index (χ3v) is 3.62. The molecule has 1 aliphatic rings. The van der Waals surface area contributed by atoms with E-state index in [1.54, 1.807) is 5.38 Å². The SMILES string of the molecule is CC1(C)CC(NC(=O)c2csc(Cl)n2)C1. The molecule has 1 amide bonds. The number of nitrogens with zero attached hydrogens (tertiary/aromatic N) is 1. The first-order valence-corrected chi connectivity index (χ1v) is 6.14. The summed E-state index contributed by atoms with van der Waals surface area (Å²) in [6, 6.07) is 0.299. The third-order valence-electron chi connectivity index (χ3n) is 2.64. The number of carbonyl (C=O) groups is 1. The maximum Gasteiger partial charge on any atom is 0.271 e. The van der Waals surface area contributed by atoms with Gasteiger partial charge in [0, 0.05) is 11.4 Å². The molecule has 1 fully saturated rings. The van der Waals surface area contributed by atoms with Gasteiger partial charge in [-0.25, -0.2) is 4.98 Å². The molecule has 1 aliphatic carbocycles. The highest BCUT2D eigenvalue weighted by Gasteiger charge is 2.37. The highest BCUT2D eigenvalue weighted by atomic mass is 35.5. The van der Waals surface area contributed by atoms with Gasteiger partial charge in [-0.1, -0.05) is 25.4 Å². The molecule has 0 bridgehead atoms. The second-order valence-electron chi connectivity index (χ2n) is 4.73. The Morgan fingerprint density at radius 3 is 2.80 bits per heavy atom. The van der Waals surface area contributed by atoms with E-state index in [1.165, 1.54) is 11.3 Å². The molecule has 0 spiro atoms. The van der Waals surface area contributed by atoms with Crippen LogP contribution in [0.2, 0.25) is 4.47 Å². The molecule has 0 saturated heterocycles. The molecule has 82 valence electrons. The number of halogens is 1. The van der Waals surface area contributed by atoms with Crippen LogP contribution in [-0.2, 0) is 0 Å². The summed E-state index contributed by atoms with van der Waals surface area (Å²) >= 11 is 6.94. The van der Waals surface area contributed by atoms with Crippen molar-refractivity contribution >= 4 is 28.8 Å². The Bertz CT molecular complexity index is 381. The standard InChI is InChI=1S/C10H13ClN2OS/c1-10(2)3-6(4-10)12-8(14)7-5-15-9(11)13-7/h5-6H,3-4H2,1-2H3,(H,12,14). The van der Waals surface area contributed by atoms with Gasteiger partial charge in [0.1, 0.15) is 5.69 Å². The van der Waals surface area contributed by atoms with Gasteiger partial charge in [0.25, 0.3) is 5.91 Å². The Kier molecular flexibility index (Phi) is 2.73. The number of thiazole rings is 1. The van der Waals surface area contributed by atoms with Crippen molar-refractivity contribution in [3.8, 4) is 0 Å². The fourth-order valence-corrected chi connectivity index (χ4v) is 2.74. The molecule has 0 atom stereocenters. The molecule has 1 aromatic heterocycles. The predicted octanol–water partition coefficient (Wildman–Crippen LogP) is 2.71. The highest BCUT2D eigenvalue weighted by molar-refractivity contribution is 7.14. The summed E-state index contributed by atoms with van der Waals surface area (Å²) in [5.41, 5.74) is 0.798. The lowest BCUT2D eigenvalue weighted by Crippen LogP contribution is -2.48. The van der Waals surface area contributed by atoms with Gasteiger partial charge in [0.05, 0.1) is 0 Å². The monoisotopic (exact) mass is 244 g/mol. The summed E-state index contributed by atoms with van der Waals surface area (Å²) in [6.45, 7) is 4.41. The van der Waals surface area contributed by atoms with E-state index in [9.17, 15) is 4.79 Å². The van der Waals surface area contributed by atoms with Crippen molar-refractivity contribution in [1.29, 1.82) is 0 Å². The fraction of sp³-hybridized carbons (Fsp3) is 0.600. The maximum absolute atomic E-state index is 11.6. The number of aromatic nitrogens is 1. The van der Waals surface area contributed by atoms with Crippen LogP contribution < -0.4 is 5.32 Å². The molecule has 15 heavy (non-hydrogen) atoms. The van der Waals surface area contributed by atoms with Crippen LogP contribution in [0, 0.1) is 5.41 Å². The van der Waals surface area contributed by atoms with Gasteiger partial charge >= 0.3 is 0 Å². The molecule has 5 heteroatoms. The molecular formula is C10H13ClN2OS. The quantitative estimate of drug-likeness (QED) is 0.869. The number of hydrogen-bond donors (Lipinski definition) is 1. The molecule has 1 N–H and O–H groups in total. The smallest absolute Gasteiger partial charge is 0.271 e. The van der Waals surface area contributed by atoms with Crippen LogP contribution in [0.5, 0.6) is 0 Å². The van der Waals surface area contributed by atoms with E-state index in [0.29, 0.717) is 21.6 Å². The Hall–Kier alpha value is -0.610. The average molecular weight is 245 g/mol. The lowest BCUT2D eigenvalue weighted by atomic mass is 9.68. The van der Waals surface area contributed by atoms with Crippen LogP contribution in [0.1, 0.15) is 37.2 Å². The largest absolute Gasteiger partial charge is 0.348 e. The zero-order valence-electron chi connectivity index (χ0n) is 8.71. The van der Waals surface area contributed by atoms with E-state index < -0.39 is 0 Å². The summed E-state index contributed by atoms with van der Waals surface area (Å²) in [4.78, 5) is 15.6. The van der Waals surface area contributed by atoms with Crippen LogP contribution in [0.25, 0.3) is 0 Å². The second kappa shape index (κ2) is 3.76. The molecule has 1 aromatic rings. The number of rotatable bonds is 2. The van der Waals surface area contributed by atoms with Crippen LogP contribution in [0.15, 0.2) is 5.38 Å². The molecule has 2 rings (SSSR count). The first-order valence-electron chi connectivity index (χ1n) is 4.88. The average Bonchev–Trinajstić information content (AvgIpc) is 2.48. The summed E-state index contributed by atoms with van der Waals surface area (Å²) in [5, 5.41) is 4.63. The molecule has 0 unspecified atom stereocenters. The van der Waals surface area contributed by atoms with Crippen molar-refractivity contribution in [3.63, 3.8) is 0 Å². The number of hydrogen-bond acceptors (Lipinski definition) is 3. The van der Waals surface area contributed by atoms with E-state index in [0.717, 1.165) is 12.8 Å². The Labute approximate surface area is 97.9 Å². The van der Waals surface area contributed by atoms with Crippen molar-refractivity contribution in [2.24, 2.45) is 5.41 Å². The minimum Gasteiger partial charge on any atom is -0.348 e. The van der Waals surface area contributed by atoms with E-state index >= 15 is 0 Å². The van der Waals surface area contributed by atoms with Crippen molar-refractivity contribution in [1.82, 2.24) is 10.3 Å². The number of amides is 1. The van der Waals surface area contributed by atoms with Crippen LogP contribution >= 0.6 is 22.9 Å². The minimum atomic E-state index is -0.112. The third kappa shape index (κ3) is 2.49. The number of nitrogens with one attached hydrogen (secondary N) is 1. The van der Waals surface area contributed by atoms with Gasteiger partial charge < -0.3 is 5.32 Å². The van der Waals surface area contributed by atoms with Gasteiger partial charge in [-0.15, -0.1) is 11.3 Å². The van der Waals surface area contributed by atoms with Gasteiger partial charge in [0.2, 0.25) is 0 Å². The molecule has 3 nitrogen and oxygen atoms in total. The summed E-state index contributed by atoms with van der Waals surface area (Å²) in [5.74, 6) is -0.112. The maximum atomic E-state index is 11.6. The Morgan fingerprint density at radius 1 is 1.67 bits per heavy atom. The molecule has 1 saturated carbocycles. The molecule has 0 radical (unpaired) electrons. The summed E-state index contributed by atoms with van der Waals surface area (Å²) < 4.78 is 0.411. The first kappa shape index (κ1) is 10.9. The first-order chi connectivity index (χ1) is 6.96. The van der Waals surface area contributed by atoms with Crippen LogP contribution in [0.3, 0.4) is 0 Å². The Balaban J connectivity index is 1.89. The van der Waals surface area contributed by atoms with Crippen LogP contribution in [0.4, 0.5) is 0 Å². The van der Waals surface area contributed by atoms with Crippen molar-refractivity contribution in [2.75, 3.05) is 0 Å². The summed E-state index contributed by atoms with van der Waals surface area (Å²) in [7, 11) is 0. The van der Waals surface area contributed by atoms with E-state index in [1.807, 2.05) is 0 Å². The molecule has 1 heterocycles. The Morgan fingerprint density at radius 2 is 2.33 bits per heavy atom. The van der Waals surface area contributed by atoms with Gasteiger partial charge in [-0.2, -0.15) is 0 Å². The fourth-order valence-electron chi connectivity index (χ4n) is 1.99. The van der Waals surface area contributed by atoms with Gasteiger partial charge in [-0.3, -0.25) is 4.79 Å². The zero-order valence-corrected chi connectivity index (χ0v) is 10.3. The normalized spacial score (nSPS) is 19.7. The highest BCUT2D eigenvalue weighted by Crippen LogP contribution is 2.39. The molecule has 0 aliphatic heterocycles. The number of carbonyl (C=O) groups excluding carboxylic acids is 1. The predicted molar refractivity (Wildman–Crippen MR) is 61.4 cm³/mol. The molecular weight excluding hydrogens is 232 g/mol.